The van der Waals surface area contributed by atoms with Gasteiger partial charge in [0.2, 0.25) is 0 Å². The van der Waals surface area contributed by atoms with E-state index in [-0.39, 0.29) is 5.91 Å². The first-order chi connectivity index (χ1) is 16.1. The summed E-state index contributed by atoms with van der Waals surface area (Å²) >= 11 is 0. The molecule has 1 amide bonds. The van der Waals surface area contributed by atoms with Gasteiger partial charge in [-0.25, -0.2) is 0 Å². The van der Waals surface area contributed by atoms with Crippen molar-refractivity contribution in [3.63, 3.8) is 0 Å². The molecule has 0 N–H and O–H groups in total. The molecule has 0 saturated carbocycles. The minimum Gasteiger partial charge on any atom is -0.492 e. The molecule has 34 heavy (non-hydrogen) atoms. The van der Waals surface area contributed by atoms with Gasteiger partial charge in [-0.15, -0.1) is 0 Å². The Morgan fingerprint density at radius 1 is 0.971 bits per heavy atom. The van der Waals surface area contributed by atoms with Crippen molar-refractivity contribution in [2.24, 2.45) is 0 Å². The fourth-order valence-corrected chi connectivity index (χ4v) is 4.05. The topological polar surface area (TPSA) is 36.0 Å². The molecule has 0 radical (unpaired) electrons. The molecule has 1 aliphatic heterocycles. The molecule has 1 fully saturated rings. The lowest BCUT2D eigenvalue weighted by molar-refractivity contribution is -0.137. The number of carbonyl (C=O) groups excluding carboxylic acids is 1. The maximum Gasteiger partial charge on any atom is 0.416 e. The fourth-order valence-electron chi connectivity index (χ4n) is 4.05. The number of likely N-dealkylation sites (N-methyl/N-ethyl adjacent to an activating group) is 1. The summed E-state index contributed by atoms with van der Waals surface area (Å²) in [4.78, 5) is 18.8. The first kappa shape index (κ1) is 26.0. The molecule has 1 saturated heterocycles. The Labute approximate surface area is 200 Å². The summed E-state index contributed by atoms with van der Waals surface area (Å²) in [5.74, 6) is 0.711. The summed E-state index contributed by atoms with van der Waals surface area (Å²) < 4.78 is 44.2. The van der Waals surface area contributed by atoms with E-state index in [4.69, 9.17) is 4.74 Å². The van der Waals surface area contributed by atoms with Crippen LogP contribution >= 0.6 is 0 Å². The maximum atomic E-state index is 12.7. The second-order valence-corrected chi connectivity index (χ2v) is 9.08. The largest absolute Gasteiger partial charge is 0.492 e. The molecule has 5 nitrogen and oxygen atoms in total. The molecular formula is C26H34F3N3O2. The Balaban J connectivity index is 1.49. The standard InChI is InChI=1S/C26H34F3N3O2/c1-19-20(2)24(34-18-17-30(3)4)10-7-21(19)11-12-31-13-15-32(16-14-31)25(33)22-5-8-23(9-6-22)26(27,28)29/h5-10H,11-18H2,1-4H3. The molecule has 0 spiro atoms. The van der Waals surface area contributed by atoms with E-state index in [1.165, 1.54) is 28.8 Å². The van der Waals surface area contributed by atoms with Gasteiger partial charge in [-0.05, 0) is 81.4 Å². The number of amides is 1. The predicted octanol–water partition coefficient (Wildman–Crippen LogP) is 4.26. The Morgan fingerprint density at radius 3 is 2.21 bits per heavy atom. The second kappa shape index (κ2) is 11.2. The summed E-state index contributed by atoms with van der Waals surface area (Å²) in [6.07, 6.45) is -3.49. The van der Waals surface area contributed by atoms with E-state index in [0.29, 0.717) is 25.3 Å². The van der Waals surface area contributed by atoms with Crippen molar-refractivity contribution in [3.8, 4) is 5.75 Å². The fraction of sp³-hybridized carbons (Fsp3) is 0.500. The monoisotopic (exact) mass is 477 g/mol. The van der Waals surface area contributed by atoms with Crippen molar-refractivity contribution >= 4 is 5.91 Å². The molecule has 0 unspecified atom stereocenters. The van der Waals surface area contributed by atoms with E-state index in [0.717, 1.165) is 50.5 Å². The van der Waals surface area contributed by atoms with Gasteiger partial charge in [0, 0.05) is 44.8 Å². The van der Waals surface area contributed by atoms with Crippen LogP contribution in [0.1, 0.15) is 32.6 Å². The number of ether oxygens (including phenoxy) is 1. The van der Waals surface area contributed by atoms with Gasteiger partial charge >= 0.3 is 6.18 Å². The van der Waals surface area contributed by atoms with Gasteiger partial charge in [0.05, 0.1) is 5.56 Å². The number of nitrogens with zero attached hydrogens (tertiary/aromatic N) is 3. The van der Waals surface area contributed by atoms with Gasteiger partial charge < -0.3 is 14.5 Å². The number of alkyl halides is 3. The van der Waals surface area contributed by atoms with E-state index < -0.39 is 11.7 Å². The van der Waals surface area contributed by atoms with Gasteiger partial charge in [-0.3, -0.25) is 9.69 Å². The van der Waals surface area contributed by atoms with E-state index in [2.05, 4.69) is 29.7 Å². The van der Waals surface area contributed by atoms with E-state index >= 15 is 0 Å². The van der Waals surface area contributed by atoms with Gasteiger partial charge in [-0.2, -0.15) is 13.2 Å². The van der Waals surface area contributed by atoms with Crippen molar-refractivity contribution in [1.29, 1.82) is 0 Å². The average Bonchev–Trinajstić information content (AvgIpc) is 2.80. The Hall–Kier alpha value is -2.58. The highest BCUT2D eigenvalue weighted by molar-refractivity contribution is 5.94. The zero-order valence-corrected chi connectivity index (χ0v) is 20.4. The van der Waals surface area contributed by atoms with Gasteiger partial charge in [0.25, 0.3) is 5.91 Å². The molecule has 1 aliphatic rings. The lowest BCUT2D eigenvalue weighted by Crippen LogP contribution is -2.49. The molecule has 3 rings (SSSR count). The predicted molar refractivity (Wildman–Crippen MR) is 127 cm³/mol. The van der Waals surface area contributed by atoms with Crippen LogP contribution in [0, 0.1) is 13.8 Å². The molecule has 2 aromatic carbocycles. The normalized spacial score (nSPS) is 15.1. The van der Waals surface area contributed by atoms with Crippen LogP contribution in [0.4, 0.5) is 13.2 Å². The highest BCUT2D eigenvalue weighted by Crippen LogP contribution is 2.29. The quantitative estimate of drug-likeness (QED) is 0.569. The molecule has 8 heteroatoms. The van der Waals surface area contributed by atoms with Crippen LogP contribution in [0.2, 0.25) is 0 Å². The first-order valence-electron chi connectivity index (χ1n) is 11.6. The molecule has 1 heterocycles. The van der Waals surface area contributed by atoms with E-state index in [9.17, 15) is 18.0 Å². The van der Waals surface area contributed by atoms with Gasteiger partial charge in [0.15, 0.2) is 0 Å². The van der Waals surface area contributed by atoms with Crippen LogP contribution in [-0.4, -0.2) is 80.6 Å². The van der Waals surface area contributed by atoms with Crippen molar-refractivity contribution in [2.45, 2.75) is 26.4 Å². The molecule has 0 aliphatic carbocycles. The minimum atomic E-state index is -4.40. The van der Waals surface area contributed by atoms with Crippen molar-refractivity contribution in [2.75, 3.05) is 60.0 Å². The molecule has 186 valence electrons. The zero-order chi connectivity index (χ0) is 24.9. The van der Waals surface area contributed by atoms with Gasteiger partial charge in [-0.1, -0.05) is 6.07 Å². The first-order valence-corrected chi connectivity index (χ1v) is 11.6. The molecule has 0 aromatic heterocycles. The number of rotatable bonds is 8. The van der Waals surface area contributed by atoms with Crippen LogP contribution < -0.4 is 4.74 Å². The average molecular weight is 478 g/mol. The zero-order valence-electron chi connectivity index (χ0n) is 20.4. The van der Waals surface area contributed by atoms with Crippen LogP contribution in [0.25, 0.3) is 0 Å². The number of hydrogen-bond acceptors (Lipinski definition) is 4. The highest BCUT2D eigenvalue weighted by atomic mass is 19.4. The highest BCUT2D eigenvalue weighted by Gasteiger charge is 2.30. The third kappa shape index (κ3) is 6.73. The van der Waals surface area contributed by atoms with Crippen molar-refractivity contribution in [1.82, 2.24) is 14.7 Å². The Kier molecular flexibility index (Phi) is 8.60. The molecule has 0 bridgehead atoms. The molecular weight excluding hydrogens is 443 g/mol. The number of benzene rings is 2. The summed E-state index contributed by atoms with van der Waals surface area (Å²) in [5, 5.41) is 0. The molecule has 0 atom stereocenters. The number of halogens is 3. The van der Waals surface area contributed by atoms with E-state index in [1.54, 1.807) is 4.90 Å². The smallest absolute Gasteiger partial charge is 0.416 e. The third-order valence-electron chi connectivity index (χ3n) is 6.46. The van der Waals surface area contributed by atoms with Crippen LogP contribution in [0.15, 0.2) is 36.4 Å². The van der Waals surface area contributed by atoms with Crippen LogP contribution in [0.3, 0.4) is 0 Å². The lowest BCUT2D eigenvalue weighted by Gasteiger charge is -2.35. The van der Waals surface area contributed by atoms with Crippen molar-refractivity contribution in [3.05, 3.63) is 64.2 Å². The maximum absolute atomic E-state index is 12.7. The van der Waals surface area contributed by atoms with Crippen molar-refractivity contribution < 1.29 is 22.7 Å². The molecule has 2 aromatic rings. The number of piperazine rings is 1. The summed E-state index contributed by atoms with van der Waals surface area (Å²) in [6, 6.07) is 8.64. The Bertz CT molecular complexity index is 966. The van der Waals surface area contributed by atoms with Crippen LogP contribution in [-0.2, 0) is 12.6 Å². The SMILES string of the molecule is Cc1c(CCN2CCN(C(=O)c3ccc(C(F)(F)F)cc3)CC2)ccc(OCCN(C)C)c1C. The van der Waals surface area contributed by atoms with Gasteiger partial charge in [0.1, 0.15) is 12.4 Å². The summed E-state index contributed by atoms with van der Waals surface area (Å²) in [5.41, 5.74) is 3.26. The van der Waals surface area contributed by atoms with E-state index in [1.807, 2.05) is 20.2 Å². The summed E-state index contributed by atoms with van der Waals surface area (Å²) in [7, 11) is 4.05. The second-order valence-electron chi connectivity index (χ2n) is 9.08. The number of hydrogen-bond donors (Lipinski definition) is 0. The number of carbonyl (C=O) groups is 1. The van der Waals surface area contributed by atoms with Crippen LogP contribution in [0.5, 0.6) is 5.75 Å². The minimum absolute atomic E-state index is 0.218. The summed E-state index contributed by atoms with van der Waals surface area (Å²) in [6.45, 7) is 9.26. The lowest BCUT2D eigenvalue weighted by atomic mass is 9.99. The third-order valence-corrected chi connectivity index (χ3v) is 6.46. The Morgan fingerprint density at radius 2 is 1.62 bits per heavy atom.